The fraction of sp³-hybridized carbons (Fsp3) is 0.481. The molecule has 1 unspecified atom stereocenters. The minimum atomic E-state index is -4.94. The Labute approximate surface area is 203 Å². The summed E-state index contributed by atoms with van der Waals surface area (Å²) in [5, 5.41) is 2.97. The summed E-state index contributed by atoms with van der Waals surface area (Å²) >= 11 is 0. The zero-order valence-electron chi connectivity index (χ0n) is 20.0. The summed E-state index contributed by atoms with van der Waals surface area (Å²) in [6.45, 7) is 2.83. The van der Waals surface area contributed by atoms with Crippen molar-refractivity contribution in [3.05, 3.63) is 71.3 Å². The predicted octanol–water partition coefficient (Wildman–Crippen LogP) is 4.57. The number of benzene rings is 2. The summed E-state index contributed by atoms with van der Waals surface area (Å²) in [6.07, 6.45) is -2.91. The minimum absolute atomic E-state index is 0.0394. The van der Waals surface area contributed by atoms with Crippen molar-refractivity contribution >= 4 is 11.8 Å². The molecule has 2 saturated heterocycles. The maximum atomic E-state index is 14.4. The normalized spacial score (nSPS) is 21.9. The molecule has 2 amide bonds. The first-order valence-corrected chi connectivity index (χ1v) is 12.0. The van der Waals surface area contributed by atoms with E-state index in [4.69, 9.17) is 4.74 Å². The highest BCUT2D eigenvalue weighted by atomic mass is 19.4. The van der Waals surface area contributed by atoms with Crippen LogP contribution in [0.15, 0.2) is 54.6 Å². The van der Waals surface area contributed by atoms with Gasteiger partial charge < -0.3 is 15.0 Å². The Morgan fingerprint density at radius 1 is 1.09 bits per heavy atom. The van der Waals surface area contributed by atoms with Crippen LogP contribution in [0.5, 0.6) is 0 Å². The van der Waals surface area contributed by atoms with Gasteiger partial charge in [0, 0.05) is 44.6 Å². The fourth-order valence-corrected chi connectivity index (χ4v) is 5.88. The van der Waals surface area contributed by atoms with Crippen LogP contribution < -0.4 is 5.32 Å². The van der Waals surface area contributed by atoms with Crippen LogP contribution in [0.3, 0.4) is 0 Å². The number of amides is 2. The number of carbonyl (C=O) groups excluding carboxylic acids is 2. The molecular weight excluding hydrogens is 457 g/mol. The van der Waals surface area contributed by atoms with E-state index >= 15 is 0 Å². The average Bonchev–Trinajstić information content (AvgIpc) is 2.85. The number of hydrogen-bond acceptors (Lipinski definition) is 3. The van der Waals surface area contributed by atoms with Gasteiger partial charge in [-0.1, -0.05) is 61.5 Å². The van der Waals surface area contributed by atoms with E-state index in [0.29, 0.717) is 25.8 Å². The number of rotatable bonds is 5. The van der Waals surface area contributed by atoms with E-state index in [2.05, 4.69) is 24.4 Å². The quantitative estimate of drug-likeness (QED) is 0.671. The Balaban J connectivity index is 1.64. The van der Waals surface area contributed by atoms with E-state index < -0.39 is 23.1 Å². The van der Waals surface area contributed by atoms with E-state index in [9.17, 15) is 22.8 Å². The number of likely N-dealkylation sites (tertiary alicyclic amines) is 1. The summed E-state index contributed by atoms with van der Waals surface area (Å²) in [5.74, 6) is -1.13. The van der Waals surface area contributed by atoms with Crippen LogP contribution in [-0.2, 0) is 26.3 Å². The Kier molecular flexibility index (Phi) is 6.95. The van der Waals surface area contributed by atoms with Crippen molar-refractivity contribution in [1.29, 1.82) is 0 Å². The number of carbonyl (C=O) groups is 2. The van der Waals surface area contributed by atoms with Crippen molar-refractivity contribution in [2.75, 3.05) is 26.7 Å². The first-order valence-electron chi connectivity index (χ1n) is 12.0. The molecule has 2 atom stereocenters. The molecule has 0 aromatic heterocycles. The molecule has 1 spiro atoms. The topological polar surface area (TPSA) is 58.6 Å². The highest BCUT2D eigenvalue weighted by Crippen LogP contribution is 2.51. The Hall–Kier alpha value is -2.87. The molecule has 0 saturated carbocycles. The maximum absolute atomic E-state index is 14.4. The lowest BCUT2D eigenvalue weighted by Gasteiger charge is -2.50. The Morgan fingerprint density at radius 2 is 1.71 bits per heavy atom. The van der Waals surface area contributed by atoms with Crippen molar-refractivity contribution in [2.45, 2.75) is 50.3 Å². The lowest BCUT2D eigenvalue weighted by Crippen LogP contribution is -2.60. The molecule has 2 aromatic rings. The summed E-state index contributed by atoms with van der Waals surface area (Å²) in [5.41, 5.74) is -1.36. The van der Waals surface area contributed by atoms with E-state index in [0.717, 1.165) is 13.5 Å². The van der Waals surface area contributed by atoms with E-state index in [1.807, 2.05) is 12.1 Å². The van der Waals surface area contributed by atoms with Crippen molar-refractivity contribution in [2.24, 2.45) is 5.41 Å². The van der Waals surface area contributed by atoms with Gasteiger partial charge in [0.25, 0.3) is 11.5 Å². The van der Waals surface area contributed by atoms with Gasteiger partial charge in [-0.25, -0.2) is 0 Å². The number of hydrogen-bond donors (Lipinski definition) is 1. The number of halogens is 3. The molecular formula is C27H31F3N2O3. The number of nitrogens with one attached hydrogen (secondary N) is 1. The van der Waals surface area contributed by atoms with E-state index in [1.54, 1.807) is 6.07 Å². The molecule has 0 radical (unpaired) electrons. The van der Waals surface area contributed by atoms with Gasteiger partial charge in [0.2, 0.25) is 5.91 Å². The number of nitrogens with zero attached hydrogens (tertiary/aromatic N) is 1. The van der Waals surface area contributed by atoms with Crippen LogP contribution >= 0.6 is 0 Å². The predicted molar refractivity (Wildman–Crippen MR) is 126 cm³/mol. The molecule has 2 fully saturated rings. The minimum Gasteiger partial charge on any atom is -0.356 e. The third-order valence-electron chi connectivity index (χ3n) is 7.80. The number of methoxy groups -OCH3 is 1. The largest absolute Gasteiger partial charge is 0.430 e. The lowest BCUT2D eigenvalue weighted by atomic mass is 9.62. The third kappa shape index (κ3) is 4.33. The van der Waals surface area contributed by atoms with Crippen LogP contribution in [0.1, 0.15) is 48.8 Å². The monoisotopic (exact) mass is 488 g/mol. The second-order valence-electron chi connectivity index (χ2n) is 9.49. The van der Waals surface area contributed by atoms with Gasteiger partial charge in [0.15, 0.2) is 0 Å². The molecule has 2 heterocycles. The Morgan fingerprint density at radius 3 is 2.31 bits per heavy atom. The second-order valence-corrected chi connectivity index (χ2v) is 9.49. The van der Waals surface area contributed by atoms with Crippen molar-refractivity contribution < 1.29 is 27.5 Å². The molecule has 5 nitrogen and oxygen atoms in total. The number of aryl methyl sites for hydroxylation is 1. The molecule has 2 aliphatic heterocycles. The van der Waals surface area contributed by atoms with E-state index in [1.165, 1.54) is 40.3 Å². The van der Waals surface area contributed by atoms with E-state index in [-0.39, 0.29) is 30.5 Å². The van der Waals surface area contributed by atoms with Crippen LogP contribution in [0.4, 0.5) is 13.2 Å². The zero-order chi connectivity index (χ0) is 25.3. The number of ether oxygens (including phenoxy) is 1. The van der Waals surface area contributed by atoms with Gasteiger partial charge in [-0.05, 0) is 35.8 Å². The second kappa shape index (κ2) is 9.64. The smallest absolute Gasteiger partial charge is 0.356 e. The maximum Gasteiger partial charge on any atom is 0.430 e. The molecule has 2 aromatic carbocycles. The highest BCUT2D eigenvalue weighted by Gasteiger charge is 2.64. The average molecular weight is 489 g/mol. The summed E-state index contributed by atoms with van der Waals surface area (Å²) in [4.78, 5) is 27.2. The van der Waals surface area contributed by atoms with Gasteiger partial charge in [0.05, 0.1) is 0 Å². The zero-order valence-corrected chi connectivity index (χ0v) is 20.0. The van der Waals surface area contributed by atoms with Crippen LogP contribution in [0.25, 0.3) is 0 Å². The molecule has 2 aliphatic rings. The van der Waals surface area contributed by atoms with Crippen LogP contribution in [0, 0.1) is 5.41 Å². The van der Waals surface area contributed by atoms with Crippen molar-refractivity contribution in [1.82, 2.24) is 10.2 Å². The highest BCUT2D eigenvalue weighted by molar-refractivity contribution is 5.88. The summed E-state index contributed by atoms with van der Waals surface area (Å²) in [7, 11) is 0.924. The van der Waals surface area contributed by atoms with Crippen molar-refractivity contribution in [3.8, 4) is 0 Å². The van der Waals surface area contributed by atoms with Crippen LogP contribution in [-0.4, -0.2) is 49.6 Å². The van der Waals surface area contributed by atoms with Gasteiger partial charge in [0.1, 0.15) is 0 Å². The summed E-state index contributed by atoms with van der Waals surface area (Å²) in [6, 6.07) is 15.2. The third-order valence-corrected chi connectivity index (χ3v) is 7.80. The SMILES string of the molecule is CCc1ccccc1C1CNC(=O)CC12CCN(C(=O)[C@](OC)(c1ccccc1)C(F)(F)F)CC2. The summed E-state index contributed by atoms with van der Waals surface area (Å²) < 4.78 is 48.2. The van der Waals surface area contributed by atoms with Crippen molar-refractivity contribution in [3.63, 3.8) is 0 Å². The standard InChI is InChI=1S/C27H31F3N2O3/c1-3-19-9-7-8-12-21(19)22-18-31-23(33)17-25(22)13-15-32(16-14-25)24(34)26(35-2,27(28,29)30)20-10-5-4-6-11-20/h4-12,22H,3,13-18H2,1-2H3,(H,31,33)/t22?,26-/m1/s1. The first kappa shape index (κ1) is 25.2. The molecule has 1 N–H and O–H groups in total. The molecule has 188 valence electrons. The van der Waals surface area contributed by atoms with Gasteiger partial charge in [-0.15, -0.1) is 0 Å². The van der Waals surface area contributed by atoms with Crippen LogP contribution in [0.2, 0.25) is 0 Å². The molecule has 0 bridgehead atoms. The molecule has 0 aliphatic carbocycles. The molecule has 8 heteroatoms. The molecule has 35 heavy (non-hydrogen) atoms. The number of alkyl halides is 3. The number of piperidine rings is 2. The van der Waals surface area contributed by atoms with Gasteiger partial charge in [-0.3, -0.25) is 9.59 Å². The molecule has 4 rings (SSSR count). The fourth-order valence-electron chi connectivity index (χ4n) is 5.88. The van der Waals surface area contributed by atoms with Gasteiger partial charge in [-0.2, -0.15) is 13.2 Å². The lowest BCUT2D eigenvalue weighted by molar-refractivity contribution is -0.271. The Bertz CT molecular complexity index is 1060. The first-order chi connectivity index (χ1) is 16.7. The van der Waals surface area contributed by atoms with Gasteiger partial charge >= 0.3 is 6.18 Å².